The van der Waals surface area contributed by atoms with E-state index in [0.29, 0.717) is 5.69 Å². The number of aromatic nitrogens is 1. The standard InChI is InChI=1S/C24H29F4NO2/c1-2-3-4-5-6-7-8-9-18-10-15-21(29-16-18)19-11-13-20(14-12-19)22(30)31-17-24(27,28)23(25)26/h10-16,23H,2-9,17H2,1H3. The number of esters is 1. The smallest absolute Gasteiger partial charge is 0.340 e. The minimum absolute atomic E-state index is 0.00405. The van der Waals surface area contributed by atoms with Crippen molar-refractivity contribution >= 4 is 5.97 Å². The molecule has 0 atom stereocenters. The monoisotopic (exact) mass is 439 g/mol. The Kier molecular flexibility index (Phi) is 9.95. The van der Waals surface area contributed by atoms with Crippen molar-refractivity contribution in [3.8, 4) is 11.3 Å². The molecule has 0 aliphatic heterocycles. The van der Waals surface area contributed by atoms with E-state index in [1.54, 1.807) is 12.1 Å². The van der Waals surface area contributed by atoms with Gasteiger partial charge in [-0.15, -0.1) is 0 Å². The lowest BCUT2D eigenvalue weighted by Crippen LogP contribution is -2.33. The Morgan fingerprint density at radius 2 is 1.61 bits per heavy atom. The number of aryl methyl sites for hydroxylation is 1. The van der Waals surface area contributed by atoms with Gasteiger partial charge in [-0.1, -0.05) is 63.6 Å². The Labute approximate surface area is 180 Å². The molecule has 0 fully saturated rings. The largest absolute Gasteiger partial charge is 0.455 e. The number of halogens is 4. The molecule has 0 unspecified atom stereocenters. The second kappa shape index (κ2) is 12.4. The molecule has 2 rings (SSSR count). The van der Waals surface area contributed by atoms with Crippen molar-refractivity contribution in [2.24, 2.45) is 0 Å². The number of nitrogens with zero attached hydrogens (tertiary/aromatic N) is 1. The molecule has 2 aromatic rings. The third-order valence-electron chi connectivity index (χ3n) is 5.03. The highest BCUT2D eigenvalue weighted by atomic mass is 19.3. The highest BCUT2D eigenvalue weighted by molar-refractivity contribution is 5.90. The second-order valence-corrected chi connectivity index (χ2v) is 7.64. The topological polar surface area (TPSA) is 39.2 Å². The fourth-order valence-corrected chi connectivity index (χ4v) is 3.11. The third-order valence-corrected chi connectivity index (χ3v) is 5.03. The fraction of sp³-hybridized carbons (Fsp3) is 0.500. The third kappa shape index (κ3) is 8.31. The number of rotatable bonds is 13. The molecule has 31 heavy (non-hydrogen) atoms. The maximum atomic E-state index is 12.9. The lowest BCUT2D eigenvalue weighted by Gasteiger charge is -2.15. The molecule has 0 aliphatic rings. The molecule has 0 N–H and O–H groups in total. The summed E-state index contributed by atoms with van der Waals surface area (Å²) in [5.41, 5.74) is 2.63. The first-order valence-electron chi connectivity index (χ1n) is 10.7. The molecular weight excluding hydrogens is 410 g/mol. The summed E-state index contributed by atoms with van der Waals surface area (Å²) in [5, 5.41) is 0. The molecule has 170 valence electrons. The predicted octanol–water partition coefficient (Wildman–Crippen LogP) is 7.10. The maximum absolute atomic E-state index is 12.9. The van der Waals surface area contributed by atoms with Crippen LogP contribution in [0.15, 0.2) is 42.6 Å². The SMILES string of the molecule is CCCCCCCCCc1ccc(-c2ccc(C(=O)OCC(F)(F)C(F)F)cc2)nc1. The number of carbonyl (C=O) groups excluding carboxylic acids is 1. The number of unbranched alkanes of at least 4 members (excludes halogenated alkanes) is 6. The van der Waals surface area contributed by atoms with Gasteiger partial charge in [0, 0.05) is 11.8 Å². The summed E-state index contributed by atoms with van der Waals surface area (Å²) in [5.74, 6) is -5.44. The Morgan fingerprint density at radius 1 is 0.968 bits per heavy atom. The number of hydrogen-bond acceptors (Lipinski definition) is 3. The number of pyridine rings is 1. The molecule has 0 saturated heterocycles. The van der Waals surface area contributed by atoms with Crippen LogP contribution in [0.25, 0.3) is 11.3 Å². The first kappa shape index (κ1) is 24.8. The van der Waals surface area contributed by atoms with Crippen molar-refractivity contribution < 1.29 is 27.1 Å². The summed E-state index contributed by atoms with van der Waals surface area (Å²) < 4.78 is 54.3. The minimum Gasteiger partial charge on any atom is -0.455 e. The molecular formula is C24H29F4NO2. The Bertz CT molecular complexity index is 792. The van der Waals surface area contributed by atoms with Crippen molar-refractivity contribution in [1.82, 2.24) is 4.98 Å². The molecule has 1 heterocycles. The molecule has 0 aliphatic carbocycles. The quantitative estimate of drug-likeness (QED) is 0.190. The van der Waals surface area contributed by atoms with Crippen molar-refractivity contribution in [2.75, 3.05) is 6.61 Å². The van der Waals surface area contributed by atoms with E-state index in [1.807, 2.05) is 18.3 Å². The van der Waals surface area contributed by atoms with Crippen LogP contribution < -0.4 is 0 Å². The summed E-state index contributed by atoms with van der Waals surface area (Å²) >= 11 is 0. The van der Waals surface area contributed by atoms with Crippen LogP contribution in [-0.2, 0) is 11.2 Å². The van der Waals surface area contributed by atoms with E-state index in [1.165, 1.54) is 50.7 Å². The highest BCUT2D eigenvalue weighted by Gasteiger charge is 2.42. The molecule has 1 aromatic carbocycles. The van der Waals surface area contributed by atoms with Crippen LogP contribution in [0, 0.1) is 0 Å². The van der Waals surface area contributed by atoms with Crippen LogP contribution in [0.1, 0.15) is 67.8 Å². The molecule has 0 bridgehead atoms. The Hall–Kier alpha value is -2.44. The highest BCUT2D eigenvalue weighted by Crippen LogP contribution is 2.24. The van der Waals surface area contributed by atoms with E-state index >= 15 is 0 Å². The van der Waals surface area contributed by atoms with E-state index in [2.05, 4.69) is 16.6 Å². The second-order valence-electron chi connectivity index (χ2n) is 7.64. The van der Waals surface area contributed by atoms with Gasteiger partial charge in [-0.3, -0.25) is 4.98 Å². The van der Waals surface area contributed by atoms with Gasteiger partial charge in [-0.05, 0) is 36.6 Å². The predicted molar refractivity (Wildman–Crippen MR) is 113 cm³/mol. The van der Waals surface area contributed by atoms with E-state index in [9.17, 15) is 22.4 Å². The van der Waals surface area contributed by atoms with Crippen LogP contribution in [0.4, 0.5) is 17.6 Å². The number of hydrogen-bond donors (Lipinski definition) is 0. The first-order chi connectivity index (χ1) is 14.8. The number of carbonyl (C=O) groups is 1. The lowest BCUT2D eigenvalue weighted by atomic mass is 10.0. The van der Waals surface area contributed by atoms with Crippen LogP contribution >= 0.6 is 0 Å². The van der Waals surface area contributed by atoms with Gasteiger partial charge >= 0.3 is 18.3 Å². The first-order valence-corrected chi connectivity index (χ1v) is 10.7. The van der Waals surface area contributed by atoms with Crippen LogP contribution in [0.2, 0.25) is 0 Å². The van der Waals surface area contributed by atoms with E-state index in [0.717, 1.165) is 24.0 Å². The Balaban J connectivity index is 1.82. The summed E-state index contributed by atoms with van der Waals surface area (Å²) in [6.07, 6.45) is 7.71. The van der Waals surface area contributed by atoms with Gasteiger partial charge in [0.25, 0.3) is 0 Å². The van der Waals surface area contributed by atoms with Crippen LogP contribution in [-0.4, -0.2) is 29.9 Å². The zero-order chi connectivity index (χ0) is 22.7. The summed E-state index contributed by atoms with van der Waals surface area (Å²) in [7, 11) is 0. The summed E-state index contributed by atoms with van der Waals surface area (Å²) in [6, 6.07) is 9.93. The van der Waals surface area contributed by atoms with Gasteiger partial charge < -0.3 is 4.74 Å². The lowest BCUT2D eigenvalue weighted by molar-refractivity contribution is -0.155. The van der Waals surface area contributed by atoms with Crippen molar-refractivity contribution in [2.45, 2.75) is 70.6 Å². The van der Waals surface area contributed by atoms with Crippen LogP contribution in [0.5, 0.6) is 0 Å². The van der Waals surface area contributed by atoms with Gasteiger partial charge in [0.05, 0.1) is 11.3 Å². The molecule has 7 heteroatoms. The average molecular weight is 439 g/mol. The van der Waals surface area contributed by atoms with Gasteiger partial charge in [-0.25, -0.2) is 13.6 Å². The zero-order valence-corrected chi connectivity index (χ0v) is 17.8. The molecule has 3 nitrogen and oxygen atoms in total. The van der Waals surface area contributed by atoms with Gasteiger partial charge in [0.15, 0.2) is 6.61 Å². The van der Waals surface area contributed by atoms with E-state index in [-0.39, 0.29) is 5.56 Å². The van der Waals surface area contributed by atoms with Crippen LogP contribution in [0.3, 0.4) is 0 Å². The molecule has 0 spiro atoms. The van der Waals surface area contributed by atoms with Crippen molar-refractivity contribution in [3.63, 3.8) is 0 Å². The molecule has 0 radical (unpaired) electrons. The zero-order valence-electron chi connectivity index (χ0n) is 17.8. The number of alkyl halides is 4. The summed E-state index contributed by atoms with van der Waals surface area (Å²) in [6.45, 7) is 0.551. The molecule has 0 saturated carbocycles. The maximum Gasteiger partial charge on any atom is 0.340 e. The average Bonchev–Trinajstić information content (AvgIpc) is 2.77. The number of benzene rings is 1. The van der Waals surface area contributed by atoms with Crippen molar-refractivity contribution in [1.29, 1.82) is 0 Å². The molecule has 0 amide bonds. The van der Waals surface area contributed by atoms with E-state index < -0.39 is 24.9 Å². The Morgan fingerprint density at radius 3 is 2.19 bits per heavy atom. The fourth-order valence-electron chi connectivity index (χ4n) is 3.11. The van der Waals surface area contributed by atoms with Gasteiger partial charge in [0.2, 0.25) is 0 Å². The normalized spacial score (nSPS) is 11.7. The van der Waals surface area contributed by atoms with Gasteiger partial charge in [-0.2, -0.15) is 8.78 Å². The minimum atomic E-state index is -4.36. The van der Waals surface area contributed by atoms with E-state index in [4.69, 9.17) is 0 Å². The molecule has 1 aromatic heterocycles. The van der Waals surface area contributed by atoms with Crippen molar-refractivity contribution in [3.05, 3.63) is 53.7 Å². The summed E-state index contributed by atoms with van der Waals surface area (Å²) in [4.78, 5) is 16.2. The van der Waals surface area contributed by atoms with Gasteiger partial charge in [0.1, 0.15) is 0 Å². The number of ether oxygens (including phenoxy) is 1.